The standard InChI is InChI=1S/C12H12NS.BrH/c1-3-9-13-10-7-5-6-8-11(10)14-12(13)4-2;/h1,5-8H,4,9H2,2H3;1H/q+1;/p-1. The van der Waals surface area contributed by atoms with Crippen LogP contribution in [0.5, 0.6) is 0 Å². The van der Waals surface area contributed by atoms with Gasteiger partial charge in [-0.1, -0.05) is 30.4 Å². The molecule has 1 aromatic heterocycles. The van der Waals surface area contributed by atoms with Crippen molar-refractivity contribution in [3.8, 4) is 12.3 Å². The maximum atomic E-state index is 5.37. The average Bonchev–Trinajstić information content (AvgIpc) is 2.58. The van der Waals surface area contributed by atoms with Crippen molar-refractivity contribution in [2.75, 3.05) is 0 Å². The summed E-state index contributed by atoms with van der Waals surface area (Å²) >= 11 is 1.83. The second-order valence-corrected chi connectivity index (χ2v) is 4.22. The van der Waals surface area contributed by atoms with E-state index < -0.39 is 0 Å². The summed E-state index contributed by atoms with van der Waals surface area (Å²) in [6, 6.07) is 8.40. The van der Waals surface area contributed by atoms with Crippen molar-refractivity contribution in [3.63, 3.8) is 0 Å². The summed E-state index contributed by atoms with van der Waals surface area (Å²) < 4.78 is 3.54. The molecule has 0 unspecified atom stereocenters. The van der Waals surface area contributed by atoms with Crippen LogP contribution in [-0.2, 0) is 13.0 Å². The highest BCUT2D eigenvalue weighted by molar-refractivity contribution is 7.18. The van der Waals surface area contributed by atoms with Gasteiger partial charge < -0.3 is 17.0 Å². The number of benzene rings is 1. The zero-order valence-electron chi connectivity index (χ0n) is 8.53. The predicted molar refractivity (Wildman–Crippen MR) is 60.2 cm³/mol. The summed E-state index contributed by atoms with van der Waals surface area (Å²) in [6.07, 6.45) is 6.41. The van der Waals surface area contributed by atoms with Gasteiger partial charge in [0.15, 0.2) is 0 Å². The fourth-order valence-electron chi connectivity index (χ4n) is 1.61. The molecule has 3 heteroatoms. The highest BCUT2D eigenvalue weighted by atomic mass is 79.9. The lowest BCUT2D eigenvalue weighted by atomic mass is 10.3. The van der Waals surface area contributed by atoms with Crippen molar-refractivity contribution in [2.45, 2.75) is 19.9 Å². The topological polar surface area (TPSA) is 3.88 Å². The number of rotatable bonds is 2. The largest absolute Gasteiger partial charge is 1.00 e. The average molecular weight is 282 g/mol. The monoisotopic (exact) mass is 281 g/mol. The van der Waals surface area contributed by atoms with Crippen LogP contribution in [0.4, 0.5) is 0 Å². The molecule has 0 spiro atoms. The van der Waals surface area contributed by atoms with E-state index in [1.807, 2.05) is 11.3 Å². The molecule has 0 aliphatic heterocycles. The highest BCUT2D eigenvalue weighted by Gasteiger charge is 2.16. The minimum absolute atomic E-state index is 0. The molecule has 0 amide bonds. The number of thiazole rings is 1. The van der Waals surface area contributed by atoms with Gasteiger partial charge in [0.25, 0.3) is 0 Å². The third kappa shape index (κ3) is 2.22. The molecule has 0 bridgehead atoms. The summed E-state index contributed by atoms with van der Waals surface area (Å²) in [4.78, 5) is 0. The van der Waals surface area contributed by atoms with E-state index in [0.29, 0.717) is 6.54 Å². The quantitative estimate of drug-likeness (QED) is 0.511. The van der Waals surface area contributed by atoms with Crippen molar-refractivity contribution in [2.24, 2.45) is 0 Å². The van der Waals surface area contributed by atoms with Crippen molar-refractivity contribution in [1.29, 1.82) is 0 Å². The van der Waals surface area contributed by atoms with Crippen LogP contribution in [0, 0.1) is 12.3 Å². The van der Waals surface area contributed by atoms with Gasteiger partial charge in [0.1, 0.15) is 4.70 Å². The number of aryl methyl sites for hydroxylation is 1. The Morgan fingerprint density at radius 1 is 1.40 bits per heavy atom. The molecule has 0 aliphatic rings. The van der Waals surface area contributed by atoms with Crippen LogP contribution in [0.3, 0.4) is 0 Å². The van der Waals surface area contributed by atoms with Crippen LogP contribution in [0.1, 0.15) is 11.9 Å². The Labute approximate surface area is 105 Å². The van der Waals surface area contributed by atoms with Gasteiger partial charge in [0.2, 0.25) is 17.1 Å². The lowest BCUT2D eigenvalue weighted by Gasteiger charge is -1.90. The first-order valence-electron chi connectivity index (χ1n) is 4.70. The molecule has 0 saturated carbocycles. The maximum Gasteiger partial charge on any atom is 0.238 e. The second kappa shape index (κ2) is 5.29. The molecule has 1 aromatic carbocycles. The third-order valence-electron chi connectivity index (χ3n) is 2.24. The van der Waals surface area contributed by atoms with Crippen molar-refractivity contribution >= 4 is 21.6 Å². The Morgan fingerprint density at radius 2 is 2.13 bits per heavy atom. The van der Waals surface area contributed by atoms with E-state index in [9.17, 15) is 0 Å². The van der Waals surface area contributed by atoms with E-state index >= 15 is 0 Å². The van der Waals surface area contributed by atoms with Gasteiger partial charge in [0, 0.05) is 12.5 Å². The van der Waals surface area contributed by atoms with E-state index in [1.165, 1.54) is 15.2 Å². The lowest BCUT2D eigenvalue weighted by molar-refractivity contribution is -0.661. The Balaban J connectivity index is 0.00000112. The molecule has 1 nitrogen and oxygen atoms in total. The summed E-state index contributed by atoms with van der Waals surface area (Å²) in [6.45, 7) is 2.84. The van der Waals surface area contributed by atoms with Gasteiger partial charge in [-0.25, -0.2) is 0 Å². The number of halogens is 1. The van der Waals surface area contributed by atoms with Crippen molar-refractivity contribution in [1.82, 2.24) is 0 Å². The number of hydrogen-bond donors (Lipinski definition) is 0. The van der Waals surface area contributed by atoms with Gasteiger partial charge in [-0.2, -0.15) is 4.57 Å². The molecular formula is C12H12BrNS. The molecule has 78 valence electrons. The van der Waals surface area contributed by atoms with E-state index in [4.69, 9.17) is 6.42 Å². The Hall–Kier alpha value is -0.850. The Kier molecular flexibility index (Phi) is 4.31. The molecule has 0 radical (unpaired) electrons. The van der Waals surface area contributed by atoms with Crippen molar-refractivity contribution in [3.05, 3.63) is 29.3 Å². The molecule has 1 heterocycles. The SMILES string of the molecule is C#CC[n+]1c(CC)sc2ccccc21.[Br-]. The summed E-state index contributed by atoms with van der Waals surface area (Å²) in [5.74, 6) is 2.71. The van der Waals surface area contributed by atoms with Gasteiger partial charge in [-0.3, -0.25) is 0 Å². The molecule has 2 rings (SSSR count). The molecular weight excluding hydrogens is 270 g/mol. The first kappa shape index (κ1) is 12.2. The number of nitrogens with zero attached hydrogens (tertiary/aromatic N) is 1. The van der Waals surface area contributed by atoms with E-state index in [0.717, 1.165) is 6.42 Å². The lowest BCUT2D eigenvalue weighted by Crippen LogP contribution is -3.00. The molecule has 2 aromatic rings. The molecule has 0 fully saturated rings. The Morgan fingerprint density at radius 3 is 2.80 bits per heavy atom. The number of para-hydroxylation sites is 1. The molecule has 15 heavy (non-hydrogen) atoms. The fraction of sp³-hybridized carbons (Fsp3) is 0.250. The van der Waals surface area contributed by atoms with Crippen LogP contribution in [0.15, 0.2) is 24.3 Å². The Bertz CT molecular complexity index is 496. The summed E-state index contributed by atoms with van der Waals surface area (Å²) in [7, 11) is 0. The molecule has 0 saturated heterocycles. The number of hydrogen-bond acceptors (Lipinski definition) is 1. The second-order valence-electron chi connectivity index (χ2n) is 3.11. The van der Waals surface area contributed by atoms with E-state index in [1.54, 1.807) is 0 Å². The minimum Gasteiger partial charge on any atom is -1.00 e. The fourth-order valence-corrected chi connectivity index (χ4v) is 2.71. The third-order valence-corrected chi connectivity index (χ3v) is 3.55. The maximum absolute atomic E-state index is 5.37. The zero-order valence-corrected chi connectivity index (χ0v) is 10.9. The molecule has 0 atom stereocenters. The van der Waals surface area contributed by atoms with Gasteiger partial charge >= 0.3 is 0 Å². The molecule has 0 aliphatic carbocycles. The van der Waals surface area contributed by atoms with Gasteiger partial charge in [-0.15, -0.1) is 6.42 Å². The normalized spacial score (nSPS) is 9.60. The number of aromatic nitrogens is 1. The number of fused-ring (bicyclic) bond motifs is 1. The summed E-state index contributed by atoms with van der Waals surface area (Å²) in [5.41, 5.74) is 1.26. The summed E-state index contributed by atoms with van der Waals surface area (Å²) in [5, 5.41) is 1.35. The smallest absolute Gasteiger partial charge is 0.238 e. The van der Waals surface area contributed by atoms with Crippen LogP contribution >= 0.6 is 11.3 Å². The van der Waals surface area contributed by atoms with Crippen LogP contribution in [0.25, 0.3) is 10.2 Å². The van der Waals surface area contributed by atoms with E-state index in [2.05, 4.69) is 41.7 Å². The van der Waals surface area contributed by atoms with Crippen molar-refractivity contribution < 1.29 is 21.5 Å². The van der Waals surface area contributed by atoms with Gasteiger partial charge in [-0.05, 0) is 12.0 Å². The molecule has 0 N–H and O–H groups in total. The van der Waals surface area contributed by atoms with Crippen LogP contribution < -0.4 is 21.5 Å². The van der Waals surface area contributed by atoms with E-state index in [-0.39, 0.29) is 17.0 Å². The van der Waals surface area contributed by atoms with Crippen LogP contribution in [0.2, 0.25) is 0 Å². The van der Waals surface area contributed by atoms with Gasteiger partial charge in [0.05, 0.1) is 0 Å². The zero-order chi connectivity index (χ0) is 9.97. The first-order valence-corrected chi connectivity index (χ1v) is 5.52. The minimum atomic E-state index is 0. The highest BCUT2D eigenvalue weighted by Crippen LogP contribution is 2.20. The first-order chi connectivity index (χ1) is 6.86. The van der Waals surface area contributed by atoms with Crippen LogP contribution in [-0.4, -0.2) is 0 Å². The number of terminal acetylenes is 1. The predicted octanol–water partition coefficient (Wildman–Crippen LogP) is -0.612.